The van der Waals surface area contributed by atoms with Crippen molar-refractivity contribution < 1.29 is 4.74 Å². The van der Waals surface area contributed by atoms with Crippen molar-refractivity contribution in [1.82, 2.24) is 5.32 Å². The summed E-state index contributed by atoms with van der Waals surface area (Å²) in [7, 11) is 0. The molecule has 1 heterocycles. The van der Waals surface area contributed by atoms with Crippen molar-refractivity contribution in [1.29, 1.82) is 0 Å². The van der Waals surface area contributed by atoms with Gasteiger partial charge < -0.3 is 10.1 Å². The number of hydrogen-bond donors (Lipinski definition) is 1. The Morgan fingerprint density at radius 2 is 1.89 bits per heavy atom. The topological polar surface area (TPSA) is 21.3 Å². The highest BCUT2D eigenvalue weighted by molar-refractivity contribution is 5.18. The summed E-state index contributed by atoms with van der Waals surface area (Å²) in [5, 5.41) is 3.74. The lowest BCUT2D eigenvalue weighted by atomic mass is 9.82. The van der Waals surface area contributed by atoms with Crippen LogP contribution in [0.15, 0.2) is 30.3 Å². The molecule has 1 N–H and O–H groups in total. The molecule has 1 aliphatic heterocycles. The molecule has 0 amide bonds. The van der Waals surface area contributed by atoms with E-state index in [2.05, 4.69) is 49.5 Å². The van der Waals surface area contributed by atoms with Gasteiger partial charge in [0.05, 0.1) is 0 Å². The van der Waals surface area contributed by atoms with Crippen LogP contribution in [0.4, 0.5) is 0 Å². The summed E-state index contributed by atoms with van der Waals surface area (Å²) in [5.41, 5.74) is 1.80. The highest BCUT2D eigenvalue weighted by Crippen LogP contribution is 2.30. The minimum Gasteiger partial charge on any atom is -0.381 e. The van der Waals surface area contributed by atoms with Gasteiger partial charge in [0.2, 0.25) is 0 Å². The lowest BCUT2D eigenvalue weighted by Crippen LogP contribution is -2.38. The fourth-order valence-corrected chi connectivity index (χ4v) is 2.59. The second-order valence-electron chi connectivity index (χ2n) is 5.68. The number of rotatable bonds is 5. The molecule has 0 aromatic heterocycles. The fourth-order valence-electron chi connectivity index (χ4n) is 2.59. The molecule has 1 atom stereocenters. The number of benzene rings is 1. The van der Waals surface area contributed by atoms with Gasteiger partial charge in [-0.2, -0.15) is 0 Å². The predicted octanol–water partition coefficient (Wildman–Crippen LogP) is 3.54. The highest BCUT2D eigenvalue weighted by Gasteiger charge is 2.27. The first kappa shape index (κ1) is 13.6. The van der Waals surface area contributed by atoms with E-state index >= 15 is 0 Å². The van der Waals surface area contributed by atoms with Gasteiger partial charge in [-0.1, -0.05) is 44.2 Å². The average molecular weight is 247 g/mol. The van der Waals surface area contributed by atoms with Crippen molar-refractivity contribution in [2.75, 3.05) is 19.8 Å². The lowest BCUT2D eigenvalue weighted by Gasteiger charge is -2.35. The Morgan fingerprint density at radius 3 is 2.50 bits per heavy atom. The molecule has 1 unspecified atom stereocenters. The van der Waals surface area contributed by atoms with Crippen LogP contribution in [0.1, 0.15) is 44.7 Å². The van der Waals surface area contributed by atoms with Crippen LogP contribution in [-0.4, -0.2) is 19.8 Å². The first-order valence-electron chi connectivity index (χ1n) is 7.09. The maximum Gasteiger partial charge on any atom is 0.0471 e. The SMILES string of the molecule is CCC(NCC1(C)CCOCC1)c1ccccc1. The fraction of sp³-hybridized carbons (Fsp3) is 0.625. The molecule has 1 fully saturated rings. The van der Waals surface area contributed by atoms with Crippen LogP contribution in [0, 0.1) is 5.41 Å². The largest absolute Gasteiger partial charge is 0.381 e. The van der Waals surface area contributed by atoms with Crippen LogP contribution >= 0.6 is 0 Å². The Balaban J connectivity index is 1.91. The molecular weight excluding hydrogens is 222 g/mol. The highest BCUT2D eigenvalue weighted by atomic mass is 16.5. The van der Waals surface area contributed by atoms with Gasteiger partial charge >= 0.3 is 0 Å². The Bertz CT molecular complexity index is 343. The molecule has 0 aliphatic carbocycles. The van der Waals surface area contributed by atoms with E-state index in [0.717, 1.165) is 26.2 Å². The molecule has 2 rings (SSSR count). The molecule has 0 radical (unpaired) electrons. The Hall–Kier alpha value is -0.860. The Morgan fingerprint density at radius 1 is 1.22 bits per heavy atom. The second-order valence-corrected chi connectivity index (χ2v) is 5.68. The standard InChI is InChI=1S/C16H25NO/c1-3-15(14-7-5-4-6-8-14)17-13-16(2)9-11-18-12-10-16/h4-8,15,17H,3,9-13H2,1-2H3. The number of ether oxygens (including phenoxy) is 1. The molecule has 2 heteroatoms. The summed E-state index contributed by atoms with van der Waals surface area (Å²) in [6.07, 6.45) is 3.48. The van der Waals surface area contributed by atoms with Gasteiger partial charge in [0, 0.05) is 25.8 Å². The van der Waals surface area contributed by atoms with Gasteiger partial charge in [-0.25, -0.2) is 0 Å². The molecule has 0 spiro atoms. The monoisotopic (exact) mass is 247 g/mol. The van der Waals surface area contributed by atoms with Crippen molar-refractivity contribution in [3.8, 4) is 0 Å². The van der Waals surface area contributed by atoms with E-state index < -0.39 is 0 Å². The zero-order valence-electron chi connectivity index (χ0n) is 11.6. The van der Waals surface area contributed by atoms with Gasteiger partial charge in [-0.3, -0.25) is 0 Å². The summed E-state index contributed by atoms with van der Waals surface area (Å²) in [4.78, 5) is 0. The summed E-state index contributed by atoms with van der Waals surface area (Å²) < 4.78 is 5.45. The van der Waals surface area contributed by atoms with Gasteiger partial charge in [-0.15, -0.1) is 0 Å². The van der Waals surface area contributed by atoms with Gasteiger partial charge in [0.1, 0.15) is 0 Å². The molecule has 2 nitrogen and oxygen atoms in total. The molecule has 1 aromatic rings. The van der Waals surface area contributed by atoms with Crippen LogP contribution in [-0.2, 0) is 4.74 Å². The van der Waals surface area contributed by atoms with Crippen LogP contribution in [0.3, 0.4) is 0 Å². The molecule has 1 aliphatic rings. The van der Waals surface area contributed by atoms with Crippen LogP contribution in [0.25, 0.3) is 0 Å². The third-order valence-electron chi connectivity index (χ3n) is 4.09. The van der Waals surface area contributed by atoms with Crippen LogP contribution < -0.4 is 5.32 Å². The van der Waals surface area contributed by atoms with E-state index in [1.54, 1.807) is 0 Å². The third-order valence-corrected chi connectivity index (χ3v) is 4.09. The van der Waals surface area contributed by atoms with Crippen molar-refractivity contribution in [2.24, 2.45) is 5.41 Å². The maximum atomic E-state index is 5.45. The summed E-state index contributed by atoms with van der Waals surface area (Å²) >= 11 is 0. The molecule has 0 bridgehead atoms. The molecule has 0 saturated carbocycles. The van der Waals surface area contributed by atoms with E-state index in [0.29, 0.717) is 11.5 Å². The van der Waals surface area contributed by atoms with Crippen molar-refractivity contribution in [3.63, 3.8) is 0 Å². The normalized spacial score (nSPS) is 20.6. The molecule has 100 valence electrons. The van der Waals surface area contributed by atoms with Crippen molar-refractivity contribution >= 4 is 0 Å². The summed E-state index contributed by atoms with van der Waals surface area (Å²) in [6.45, 7) is 7.54. The van der Waals surface area contributed by atoms with E-state index in [1.807, 2.05) is 0 Å². The van der Waals surface area contributed by atoms with E-state index in [-0.39, 0.29) is 0 Å². The molecular formula is C16H25NO. The zero-order valence-corrected chi connectivity index (χ0v) is 11.6. The van der Waals surface area contributed by atoms with Crippen molar-refractivity contribution in [3.05, 3.63) is 35.9 Å². The predicted molar refractivity (Wildman–Crippen MR) is 75.6 cm³/mol. The molecule has 1 saturated heterocycles. The maximum absolute atomic E-state index is 5.45. The summed E-state index contributed by atoms with van der Waals surface area (Å²) in [6, 6.07) is 11.2. The number of hydrogen-bond acceptors (Lipinski definition) is 2. The smallest absolute Gasteiger partial charge is 0.0471 e. The van der Waals surface area contributed by atoms with Gasteiger partial charge in [0.15, 0.2) is 0 Å². The average Bonchev–Trinajstić information content (AvgIpc) is 2.41. The third kappa shape index (κ3) is 3.56. The first-order valence-corrected chi connectivity index (χ1v) is 7.09. The lowest BCUT2D eigenvalue weighted by molar-refractivity contribution is 0.0228. The van der Waals surface area contributed by atoms with Gasteiger partial charge in [-0.05, 0) is 30.2 Å². The van der Waals surface area contributed by atoms with E-state index in [4.69, 9.17) is 4.74 Å². The molecule has 18 heavy (non-hydrogen) atoms. The second kappa shape index (κ2) is 6.35. The summed E-state index contributed by atoms with van der Waals surface area (Å²) in [5.74, 6) is 0. The molecule has 1 aromatic carbocycles. The van der Waals surface area contributed by atoms with E-state index in [9.17, 15) is 0 Å². The number of nitrogens with one attached hydrogen (secondary N) is 1. The minimum absolute atomic E-state index is 0.403. The zero-order chi connectivity index (χ0) is 12.8. The van der Waals surface area contributed by atoms with E-state index in [1.165, 1.54) is 18.4 Å². The van der Waals surface area contributed by atoms with Crippen LogP contribution in [0.5, 0.6) is 0 Å². The van der Waals surface area contributed by atoms with Crippen LogP contribution in [0.2, 0.25) is 0 Å². The quantitative estimate of drug-likeness (QED) is 0.859. The first-order chi connectivity index (χ1) is 8.73. The Labute approximate surface area is 111 Å². The Kier molecular flexibility index (Phi) is 4.79. The van der Waals surface area contributed by atoms with Gasteiger partial charge in [0.25, 0.3) is 0 Å². The minimum atomic E-state index is 0.403. The van der Waals surface area contributed by atoms with Crippen molar-refractivity contribution in [2.45, 2.75) is 39.2 Å².